The van der Waals surface area contributed by atoms with E-state index in [1.54, 1.807) is 6.92 Å². The molecule has 1 saturated carbocycles. The number of carbonyl (C=O) groups excluding carboxylic acids is 3. The van der Waals surface area contributed by atoms with Crippen LogP contribution in [0.25, 0.3) is 0 Å². The molecule has 2 aliphatic heterocycles. The van der Waals surface area contributed by atoms with Crippen LogP contribution in [0.4, 0.5) is 4.79 Å². The molecule has 1 aromatic carbocycles. The van der Waals surface area contributed by atoms with Crippen LogP contribution in [0.5, 0.6) is 0 Å². The SMILES string of the molecule is CC(C)c1ccc(C2(C)NC(=O)N(CC(=O)N3CCCC4CCCCC43)C2=O)cc1. The Kier molecular flexibility index (Phi) is 5.60. The third-order valence-electron chi connectivity index (χ3n) is 7.29. The third kappa shape index (κ3) is 3.61. The zero-order valence-corrected chi connectivity index (χ0v) is 18.3. The number of nitrogens with one attached hydrogen (secondary N) is 1. The fourth-order valence-electron chi connectivity index (χ4n) is 5.40. The van der Waals surface area contributed by atoms with E-state index in [4.69, 9.17) is 0 Å². The number of amides is 4. The van der Waals surface area contributed by atoms with Gasteiger partial charge in [0, 0.05) is 12.6 Å². The molecule has 1 N–H and O–H groups in total. The average Bonchev–Trinajstić information content (AvgIpc) is 2.97. The Balaban J connectivity index is 1.49. The summed E-state index contributed by atoms with van der Waals surface area (Å²) in [6.45, 7) is 6.51. The first-order valence-electron chi connectivity index (χ1n) is 11.4. The molecule has 3 aliphatic rings. The lowest BCUT2D eigenvalue weighted by atomic mass is 9.78. The predicted molar refractivity (Wildman–Crippen MR) is 115 cm³/mol. The van der Waals surface area contributed by atoms with Crippen molar-refractivity contribution in [3.63, 3.8) is 0 Å². The maximum absolute atomic E-state index is 13.2. The van der Waals surface area contributed by atoms with Crippen molar-refractivity contribution in [3.8, 4) is 0 Å². The second kappa shape index (κ2) is 8.05. The first kappa shape index (κ1) is 20.9. The summed E-state index contributed by atoms with van der Waals surface area (Å²) in [6.07, 6.45) is 6.80. The molecule has 2 heterocycles. The molecule has 30 heavy (non-hydrogen) atoms. The monoisotopic (exact) mass is 411 g/mol. The second-order valence-electron chi connectivity index (χ2n) is 9.56. The predicted octanol–water partition coefficient (Wildman–Crippen LogP) is 3.76. The molecule has 0 radical (unpaired) electrons. The number of hydrogen-bond acceptors (Lipinski definition) is 3. The first-order valence-corrected chi connectivity index (χ1v) is 11.4. The fraction of sp³-hybridized carbons (Fsp3) is 0.625. The molecule has 2 saturated heterocycles. The normalized spacial score (nSPS) is 29.2. The highest BCUT2D eigenvalue weighted by atomic mass is 16.2. The summed E-state index contributed by atoms with van der Waals surface area (Å²) in [5.74, 6) is 0.511. The maximum Gasteiger partial charge on any atom is 0.325 e. The fourth-order valence-corrected chi connectivity index (χ4v) is 5.40. The largest absolute Gasteiger partial charge is 0.338 e. The van der Waals surface area contributed by atoms with Crippen molar-refractivity contribution in [1.82, 2.24) is 15.1 Å². The van der Waals surface area contributed by atoms with Crippen molar-refractivity contribution in [2.24, 2.45) is 5.92 Å². The van der Waals surface area contributed by atoms with Crippen LogP contribution in [0.1, 0.15) is 76.3 Å². The summed E-state index contributed by atoms with van der Waals surface area (Å²) >= 11 is 0. The van der Waals surface area contributed by atoms with Crippen molar-refractivity contribution >= 4 is 17.8 Å². The van der Waals surface area contributed by atoms with Crippen molar-refractivity contribution in [2.45, 2.75) is 76.8 Å². The van der Waals surface area contributed by atoms with Crippen LogP contribution in [0, 0.1) is 5.92 Å². The summed E-state index contributed by atoms with van der Waals surface area (Å²) in [5, 5.41) is 2.83. The smallest absolute Gasteiger partial charge is 0.325 e. The van der Waals surface area contributed by atoms with E-state index in [9.17, 15) is 14.4 Å². The van der Waals surface area contributed by atoms with Gasteiger partial charge in [-0.1, -0.05) is 51.0 Å². The van der Waals surface area contributed by atoms with Gasteiger partial charge in [-0.3, -0.25) is 14.5 Å². The zero-order valence-electron chi connectivity index (χ0n) is 18.3. The van der Waals surface area contributed by atoms with Crippen LogP contribution in [0.15, 0.2) is 24.3 Å². The van der Waals surface area contributed by atoms with E-state index in [1.807, 2.05) is 29.2 Å². The molecule has 162 valence electrons. The number of fused-ring (bicyclic) bond motifs is 1. The number of piperidine rings is 1. The van der Waals surface area contributed by atoms with Crippen LogP contribution in [-0.4, -0.2) is 46.8 Å². The molecular weight excluding hydrogens is 378 g/mol. The Morgan fingerprint density at radius 3 is 2.47 bits per heavy atom. The Hall–Kier alpha value is -2.37. The van der Waals surface area contributed by atoms with Crippen LogP contribution < -0.4 is 5.32 Å². The Labute approximate surface area is 179 Å². The van der Waals surface area contributed by atoms with Crippen molar-refractivity contribution in [2.75, 3.05) is 13.1 Å². The van der Waals surface area contributed by atoms with E-state index in [0.717, 1.165) is 36.3 Å². The topological polar surface area (TPSA) is 69.7 Å². The molecule has 0 aromatic heterocycles. The molecule has 3 unspecified atom stereocenters. The highest BCUT2D eigenvalue weighted by Gasteiger charge is 2.50. The van der Waals surface area contributed by atoms with E-state index in [1.165, 1.54) is 24.8 Å². The number of likely N-dealkylation sites (tertiary alicyclic amines) is 1. The second-order valence-corrected chi connectivity index (χ2v) is 9.56. The average molecular weight is 412 g/mol. The molecular formula is C24H33N3O3. The third-order valence-corrected chi connectivity index (χ3v) is 7.29. The number of rotatable bonds is 4. The Bertz CT molecular complexity index is 833. The van der Waals surface area contributed by atoms with Crippen LogP contribution in [0.3, 0.4) is 0 Å². The molecule has 4 rings (SSSR count). The van der Waals surface area contributed by atoms with E-state index in [0.29, 0.717) is 11.8 Å². The number of benzene rings is 1. The maximum atomic E-state index is 13.2. The van der Waals surface area contributed by atoms with Crippen LogP contribution in [-0.2, 0) is 15.1 Å². The minimum absolute atomic E-state index is 0.102. The molecule has 0 bridgehead atoms. The van der Waals surface area contributed by atoms with Gasteiger partial charge in [0.1, 0.15) is 12.1 Å². The molecule has 6 heteroatoms. The van der Waals surface area contributed by atoms with Gasteiger partial charge in [-0.2, -0.15) is 0 Å². The number of hydrogen-bond donors (Lipinski definition) is 1. The molecule has 6 nitrogen and oxygen atoms in total. The van der Waals surface area contributed by atoms with Crippen molar-refractivity contribution in [1.29, 1.82) is 0 Å². The van der Waals surface area contributed by atoms with Gasteiger partial charge in [-0.15, -0.1) is 0 Å². The van der Waals surface area contributed by atoms with E-state index >= 15 is 0 Å². The number of nitrogens with zero attached hydrogens (tertiary/aromatic N) is 2. The highest BCUT2D eigenvalue weighted by molar-refractivity contribution is 6.09. The van der Waals surface area contributed by atoms with Gasteiger partial charge in [-0.25, -0.2) is 4.79 Å². The number of urea groups is 1. The van der Waals surface area contributed by atoms with Crippen LogP contribution in [0.2, 0.25) is 0 Å². The lowest BCUT2D eigenvalue weighted by Gasteiger charge is -2.44. The van der Waals surface area contributed by atoms with Gasteiger partial charge in [0.15, 0.2) is 0 Å². The lowest BCUT2D eigenvalue weighted by Crippen LogP contribution is -2.53. The van der Waals surface area contributed by atoms with Crippen molar-refractivity contribution in [3.05, 3.63) is 35.4 Å². The molecule has 1 aliphatic carbocycles. The molecule has 3 atom stereocenters. The van der Waals surface area contributed by atoms with Crippen LogP contribution >= 0.6 is 0 Å². The van der Waals surface area contributed by atoms with Gasteiger partial charge in [0.05, 0.1) is 0 Å². The highest BCUT2D eigenvalue weighted by Crippen LogP contribution is 2.36. The zero-order chi connectivity index (χ0) is 21.5. The molecule has 0 spiro atoms. The standard InChI is InChI=1S/C24H33N3O3/c1-16(2)17-10-12-19(13-11-17)24(3)22(29)27(23(30)25-24)15-21(28)26-14-6-8-18-7-4-5-9-20(18)26/h10-13,16,18,20H,4-9,14-15H2,1-3H3,(H,25,30). The summed E-state index contributed by atoms with van der Waals surface area (Å²) in [7, 11) is 0. The van der Waals surface area contributed by atoms with Gasteiger partial charge < -0.3 is 10.2 Å². The quantitative estimate of drug-likeness (QED) is 0.767. The minimum Gasteiger partial charge on any atom is -0.338 e. The first-order chi connectivity index (χ1) is 14.3. The van der Waals surface area contributed by atoms with Crippen molar-refractivity contribution < 1.29 is 14.4 Å². The van der Waals surface area contributed by atoms with Gasteiger partial charge in [-0.05, 0) is 55.6 Å². The lowest BCUT2D eigenvalue weighted by molar-refractivity contribution is -0.142. The Morgan fingerprint density at radius 2 is 1.77 bits per heavy atom. The minimum atomic E-state index is -1.14. The summed E-state index contributed by atoms with van der Waals surface area (Å²) in [4.78, 5) is 42.1. The molecule has 3 fully saturated rings. The number of imide groups is 1. The molecule has 4 amide bonds. The van der Waals surface area contributed by atoms with E-state index in [-0.39, 0.29) is 24.4 Å². The molecule has 1 aromatic rings. The van der Waals surface area contributed by atoms with Gasteiger partial charge in [0.25, 0.3) is 5.91 Å². The summed E-state index contributed by atoms with van der Waals surface area (Å²) < 4.78 is 0. The summed E-state index contributed by atoms with van der Waals surface area (Å²) in [6, 6.07) is 7.58. The van der Waals surface area contributed by atoms with Gasteiger partial charge in [0.2, 0.25) is 5.91 Å². The van der Waals surface area contributed by atoms with Gasteiger partial charge >= 0.3 is 6.03 Å². The van der Waals surface area contributed by atoms with E-state index in [2.05, 4.69) is 19.2 Å². The summed E-state index contributed by atoms with van der Waals surface area (Å²) in [5.41, 5.74) is 0.783. The van der Waals surface area contributed by atoms with E-state index < -0.39 is 11.6 Å². The Morgan fingerprint density at radius 1 is 1.10 bits per heavy atom. The number of carbonyl (C=O) groups is 3.